The molecule has 0 saturated carbocycles. The third-order valence-electron chi connectivity index (χ3n) is 6.89. The lowest BCUT2D eigenvalue weighted by atomic mass is 9.85. The minimum atomic E-state index is -0.485. The first-order valence-corrected chi connectivity index (χ1v) is 12.4. The molecule has 2 saturated heterocycles. The fraction of sp³-hybridized carbons (Fsp3) is 0.542. The largest absolute Gasteiger partial charge is 0.381 e. The zero-order chi connectivity index (χ0) is 24.4. The second-order valence-electron chi connectivity index (χ2n) is 9.16. The van der Waals surface area contributed by atoms with E-state index in [1.807, 2.05) is 6.07 Å². The summed E-state index contributed by atoms with van der Waals surface area (Å²) in [6.07, 6.45) is 2.00. The normalized spacial score (nSPS) is 21.9. The number of anilines is 1. The lowest BCUT2D eigenvalue weighted by molar-refractivity contribution is 0.0177. The fourth-order valence-electron chi connectivity index (χ4n) is 5.05. The Morgan fingerprint density at radius 1 is 1.29 bits per heavy atom. The molecule has 2 fully saturated rings. The van der Waals surface area contributed by atoms with E-state index < -0.39 is 11.8 Å². The van der Waals surface area contributed by atoms with Crippen LogP contribution in [0.4, 0.5) is 15.1 Å². The van der Waals surface area contributed by atoms with Crippen LogP contribution in [0.25, 0.3) is 0 Å². The van der Waals surface area contributed by atoms with Gasteiger partial charge < -0.3 is 30.7 Å². The SMILES string of the molecule is NC(=O)N1CCc2c(nc(NC3CCOCC3)nc2[C@H](c2ccc(Cl)c(F)c2)[C@H]2CNCCO2)C1. The van der Waals surface area contributed by atoms with Gasteiger partial charge in [-0.3, -0.25) is 0 Å². The number of carbonyl (C=O) groups is 1. The zero-order valence-electron chi connectivity index (χ0n) is 19.4. The number of aromatic nitrogens is 2. The van der Waals surface area contributed by atoms with Crippen LogP contribution in [0.3, 0.4) is 0 Å². The Bertz CT molecular complexity index is 1080. The number of primary amides is 1. The fourth-order valence-corrected chi connectivity index (χ4v) is 5.17. The molecule has 2 atom stereocenters. The van der Waals surface area contributed by atoms with Gasteiger partial charge in [-0.1, -0.05) is 17.7 Å². The molecule has 5 rings (SSSR count). The van der Waals surface area contributed by atoms with E-state index in [1.165, 1.54) is 6.07 Å². The Hall–Kier alpha value is -2.53. The number of nitrogens with zero attached hydrogens (tertiary/aromatic N) is 3. The number of benzene rings is 1. The first-order chi connectivity index (χ1) is 17.0. The predicted octanol–water partition coefficient (Wildman–Crippen LogP) is 2.42. The molecule has 9 nitrogen and oxygen atoms in total. The summed E-state index contributed by atoms with van der Waals surface area (Å²) in [6, 6.07) is 4.56. The minimum absolute atomic E-state index is 0.0684. The summed E-state index contributed by atoms with van der Waals surface area (Å²) in [4.78, 5) is 23.3. The molecule has 2 amide bonds. The van der Waals surface area contributed by atoms with Crippen molar-refractivity contribution in [1.82, 2.24) is 20.2 Å². The summed E-state index contributed by atoms with van der Waals surface area (Å²) in [7, 11) is 0. The summed E-state index contributed by atoms with van der Waals surface area (Å²) < 4.78 is 26.2. The van der Waals surface area contributed by atoms with Crippen LogP contribution in [0.5, 0.6) is 0 Å². The summed E-state index contributed by atoms with van der Waals surface area (Å²) in [5.74, 6) is -0.344. The Kier molecular flexibility index (Phi) is 7.33. The molecule has 1 aromatic carbocycles. The van der Waals surface area contributed by atoms with E-state index in [1.54, 1.807) is 11.0 Å². The monoisotopic (exact) mass is 504 g/mol. The number of ether oxygens (including phenoxy) is 2. The Morgan fingerprint density at radius 3 is 2.83 bits per heavy atom. The van der Waals surface area contributed by atoms with Crippen LogP contribution in [0.15, 0.2) is 18.2 Å². The van der Waals surface area contributed by atoms with Gasteiger partial charge in [0.1, 0.15) is 5.82 Å². The molecule has 35 heavy (non-hydrogen) atoms. The van der Waals surface area contributed by atoms with Crippen molar-refractivity contribution in [2.45, 2.75) is 43.9 Å². The van der Waals surface area contributed by atoms with Crippen molar-refractivity contribution >= 4 is 23.6 Å². The van der Waals surface area contributed by atoms with Gasteiger partial charge in [-0.2, -0.15) is 0 Å². The lowest BCUT2D eigenvalue weighted by Gasteiger charge is -2.35. The minimum Gasteiger partial charge on any atom is -0.381 e. The number of morpholine rings is 1. The van der Waals surface area contributed by atoms with Gasteiger partial charge in [0.15, 0.2) is 0 Å². The highest BCUT2D eigenvalue weighted by molar-refractivity contribution is 6.30. The van der Waals surface area contributed by atoms with E-state index in [9.17, 15) is 9.18 Å². The Balaban J connectivity index is 1.60. The maximum absolute atomic E-state index is 14.6. The molecule has 3 aliphatic heterocycles. The van der Waals surface area contributed by atoms with Crippen molar-refractivity contribution in [3.8, 4) is 0 Å². The van der Waals surface area contributed by atoms with Gasteiger partial charge in [-0.15, -0.1) is 0 Å². The maximum atomic E-state index is 14.6. The summed E-state index contributed by atoms with van der Waals surface area (Å²) >= 11 is 6.00. The van der Waals surface area contributed by atoms with E-state index in [4.69, 9.17) is 36.8 Å². The molecule has 1 aromatic heterocycles. The van der Waals surface area contributed by atoms with Gasteiger partial charge in [0.05, 0.1) is 41.6 Å². The topological polar surface area (TPSA) is 115 Å². The van der Waals surface area contributed by atoms with Gasteiger partial charge in [0.2, 0.25) is 5.95 Å². The van der Waals surface area contributed by atoms with E-state index >= 15 is 0 Å². The lowest BCUT2D eigenvalue weighted by Crippen LogP contribution is -2.44. The van der Waals surface area contributed by atoms with Crippen molar-refractivity contribution < 1.29 is 18.7 Å². The maximum Gasteiger partial charge on any atom is 0.315 e. The van der Waals surface area contributed by atoms with Crippen LogP contribution in [0.2, 0.25) is 5.02 Å². The molecule has 0 bridgehead atoms. The molecule has 4 N–H and O–H groups in total. The summed E-state index contributed by atoms with van der Waals surface area (Å²) in [5.41, 5.74) is 8.80. The number of nitrogens with one attached hydrogen (secondary N) is 2. The number of nitrogens with two attached hydrogens (primary N) is 1. The highest BCUT2D eigenvalue weighted by atomic mass is 35.5. The highest BCUT2D eigenvalue weighted by Crippen LogP contribution is 2.36. The number of rotatable bonds is 5. The third kappa shape index (κ3) is 5.35. The van der Waals surface area contributed by atoms with E-state index in [0.29, 0.717) is 51.8 Å². The molecule has 3 aliphatic rings. The number of hydrogen-bond acceptors (Lipinski definition) is 7. The second kappa shape index (κ2) is 10.6. The van der Waals surface area contributed by atoms with Crippen LogP contribution >= 0.6 is 11.6 Å². The number of halogens is 2. The number of fused-ring (bicyclic) bond motifs is 1. The molecule has 0 radical (unpaired) electrons. The molecular formula is C24H30ClFN6O3. The van der Waals surface area contributed by atoms with E-state index in [-0.39, 0.29) is 23.1 Å². The van der Waals surface area contributed by atoms with Crippen LogP contribution in [0.1, 0.15) is 41.3 Å². The number of carbonyl (C=O) groups excluding carboxylic acids is 1. The van der Waals surface area contributed by atoms with Crippen LogP contribution in [0, 0.1) is 5.82 Å². The van der Waals surface area contributed by atoms with Crippen molar-refractivity contribution in [3.05, 3.63) is 51.6 Å². The van der Waals surface area contributed by atoms with Gasteiger partial charge in [-0.25, -0.2) is 19.2 Å². The van der Waals surface area contributed by atoms with Crippen molar-refractivity contribution in [3.63, 3.8) is 0 Å². The van der Waals surface area contributed by atoms with Gasteiger partial charge in [-0.05, 0) is 42.5 Å². The Morgan fingerprint density at radius 2 is 2.11 bits per heavy atom. The highest BCUT2D eigenvalue weighted by Gasteiger charge is 2.35. The molecule has 11 heteroatoms. The third-order valence-corrected chi connectivity index (χ3v) is 7.20. The standard InChI is InChI=1S/C24H30ClFN6O3/c25-17-2-1-14(11-18(17)26)21(20-12-28-6-10-35-20)22-16-3-7-32(23(27)33)13-19(16)30-24(31-22)29-15-4-8-34-9-5-15/h1-2,11,15,20-21,28H,3-10,12-13H2,(H2,27,33)(H,29,30,31)/t20-,21-/m1/s1. The molecular weight excluding hydrogens is 475 g/mol. The van der Waals surface area contributed by atoms with Crippen molar-refractivity contribution in [2.24, 2.45) is 5.73 Å². The van der Waals surface area contributed by atoms with Crippen LogP contribution < -0.4 is 16.4 Å². The summed E-state index contributed by atoms with van der Waals surface area (Å²) in [6.45, 7) is 4.03. The van der Waals surface area contributed by atoms with Gasteiger partial charge in [0.25, 0.3) is 0 Å². The van der Waals surface area contributed by atoms with Gasteiger partial charge in [0, 0.05) is 38.9 Å². The molecule has 2 aromatic rings. The molecule has 0 unspecified atom stereocenters. The van der Waals surface area contributed by atoms with Crippen LogP contribution in [-0.2, 0) is 22.4 Å². The molecule has 188 valence electrons. The second-order valence-corrected chi connectivity index (χ2v) is 9.57. The average Bonchev–Trinajstić information content (AvgIpc) is 2.87. The number of hydrogen-bond donors (Lipinski definition) is 3. The molecule has 0 spiro atoms. The van der Waals surface area contributed by atoms with Gasteiger partial charge >= 0.3 is 6.03 Å². The summed E-state index contributed by atoms with van der Waals surface area (Å²) in [5, 5.41) is 6.90. The molecule has 4 heterocycles. The quantitative estimate of drug-likeness (QED) is 0.573. The van der Waals surface area contributed by atoms with Crippen LogP contribution in [-0.4, -0.2) is 72.5 Å². The van der Waals surface area contributed by atoms with E-state index in [0.717, 1.165) is 41.9 Å². The average molecular weight is 505 g/mol. The predicted molar refractivity (Wildman–Crippen MR) is 129 cm³/mol. The van der Waals surface area contributed by atoms with Crippen molar-refractivity contribution in [1.29, 1.82) is 0 Å². The first-order valence-electron chi connectivity index (χ1n) is 12.0. The first kappa shape index (κ1) is 24.2. The smallest absolute Gasteiger partial charge is 0.315 e. The number of amides is 2. The molecule has 0 aliphatic carbocycles. The number of urea groups is 1. The Labute approximate surface area is 208 Å². The zero-order valence-corrected chi connectivity index (χ0v) is 20.2. The van der Waals surface area contributed by atoms with Crippen molar-refractivity contribution in [2.75, 3.05) is 44.8 Å². The van der Waals surface area contributed by atoms with E-state index in [2.05, 4.69) is 10.6 Å².